The molecule has 1 amide bonds. The molecule has 0 spiro atoms. The number of ether oxygens (including phenoxy) is 2. The van der Waals surface area contributed by atoms with Crippen LogP contribution in [0.3, 0.4) is 0 Å². The Morgan fingerprint density at radius 1 is 1.21 bits per heavy atom. The number of thioether (sulfide) groups is 1. The summed E-state index contributed by atoms with van der Waals surface area (Å²) in [6.45, 7) is 6.57. The van der Waals surface area contributed by atoms with Crippen molar-refractivity contribution in [3.63, 3.8) is 0 Å². The van der Waals surface area contributed by atoms with E-state index in [1.165, 1.54) is 42.3 Å². The van der Waals surface area contributed by atoms with Gasteiger partial charge in [-0.1, -0.05) is 18.7 Å². The van der Waals surface area contributed by atoms with Crippen LogP contribution in [0.5, 0.6) is 5.75 Å². The van der Waals surface area contributed by atoms with Gasteiger partial charge in [-0.3, -0.25) is 4.79 Å². The molecule has 3 aromatic rings. The Balaban J connectivity index is 1.64. The van der Waals surface area contributed by atoms with Crippen molar-refractivity contribution in [3.05, 3.63) is 51.9 Å². The third-order valence-corrected chi connectivity index (χ3v) is 6.86. The number of carbonyl (C=O) groups is 2. The van der Waals surface area contributed by atoms with Gasteiger partial charge in [0.25, 0.3) is 0 Å². The van der Waals surface area contributed by atoms with E-state index in [1.807, 2.05) is 25.3 Å². The molecule has 33 heavy (non-hydrogen) atoms. The van der Waals surface area contributed by atoms with E-state index < -0.39 is 5.97 Å². The Hall–Kier alpha value is -2.92. The minimum Gasteiger partial charge on any atom is -0.486 e. The van der Waals surface area contributed by atoms with Gasteiger partial charge in [-0.25, -0.2) is 9.18 Å². The molecule has 0 aliphatic heterocycles. The van der Waals surface area contributed by atoms with Crippen LogP contribution in [0.2, 0.25) is 0 Å². The van der Waals surface area contributed by atoms with Gasteiger partial charge in [-0.15, -0.1) is 21.5 Å². The number of benzene rings is 1. The van der Waals surface area contributed by atoms with Crippen LogP contribution < -0.4 is 10.1 Å². The van der Waals surface area contributed by atoms with E-state index in [0.717, 1.165) is 10.4 Å². The lowest BCUT2D eigenvalue weighted by atomic mass is 10.1. The zero-order valence-corrected chi connectivity index (χ0v) is 20.4. The van der Waals surface area contributed by atoms with Crippen molar-refractivity contribution >= 4 is 40.0 Å². The zero-order chi connectivity index (χ0) is 24.0. The molecule has 0 saturated carbocycles. The van der Waals surface area contributed by atoms with Crippen LogP contribution >= 0.6 is 23.1 Å². The number of nitrogens with one attached hydrogen (secondary N) is 1. The molecule has 0 saturated heterocycles. The van der Waals surface area contributed by atoms with Gasteiger partial charge in [0.05, 0.1) is 18.4 Å². The van der Waals surface area contributed by atoms with Crippen LogP contribution in [0, 0.1) is 12.7 Å². The van der Waals surface area contributed by atoms with Crippen molar-refractivity contribution in [3.8, 4) is 5.75 Å². The van der Waals surface area contributed by atoms with E-state index in [9.17, 15) is 14.0 Å². The molecule has 1 aromatic carbocycles. The molecule has 0 aliphatic carbocycles. The lowest BCUT2D eigenvalue weighted by Gasteiger charge is -2.09. The second-order valence-electron chi connectivity index (χ2n) is 6.91. The number of anilines is 1. The number of esters is 1. The third kappa shape index (κ3) is 5.91. The Morgan fingerprint density at radius 2 is 1.94 bits per heavy atom. The van der Waals surface area contributed by atoms with Gasteiger partial charge in [-0.2, -0.15) is 0 Å². The van der Waals surface area contributed by atoms with E-state index in [2.05, 4.69) is 15.5 Å². The summed E-state index contributed by atoms with van der Waals surface area (Å²) in [7, 11) is 1.32. The molecule has 0 radical (unpaired) electrons. The molecule has 11 heteroatoms. The molecule has 0 aliphatic rings. The maximum absolute atomic E-state index is 13.0. The fourth-order valence-corrected chi connectivity index (χ4v) is 5.20. The maximum atomic E-state index is 13.0. The summed E-state index contributed by atoms with van der Waals surface area (Å²) >= 11 is 2.60. The predicted octanol–water partition coefficient (Wildman–Crippen LogP) is 4.47. The molecule has 0 fully saturated rings. The highest BCUT2D eigenvalue weighted by molar-refractivity contribution is 7.99. The Bertz CT molecular complexity index is 1130. The van der Waals surface area contributed by atoms with Crippen molar-refractivity contribution in [1.29, 1.82) is 0 Å². The van der Waals surface area contributed by atoms with Gasteiger partial charge < -0.3 is 19.4 Å². The first-order chi connectivity index (χ1) is 15.9. The number of aromatic nitrogens is 3. The van der Waals surface area contributed by atoms with Gasteiger partial charge in [0.2, 0.25) is 5.91 Å². The molecule has 176 valence electrons. The lowest BCUT2D eigenvalue weighted by Crippen LogP contribution is -2.17. The van der Waals surface area contributed by atoms with E-state index in [4.69, 9.17) is 9.47 Å². The summed E-state index contributed by atoms with van der Waals surface area (Å²) in [5, 5.41) is 12.2. The standard InChI is InChI=1S/C22H25FN4O4S2/c1-5-16-13(3)33-20(19(16)21(29)30-4)24-18(28)12-32-22-26-25-17(27(22)6-2)11-31-15-9-7-14(23)8-10-15/h7-10H,5-6,11-12H2,1-4H3,(H,24,28). The Kier molecular flexibility index (Phi) is 8.45. The average molecular weight is 493 g/mol. The smallest absolute Gasteiger partial charge is 0.341 e. The Morgan fingerprint density at radius 3 is 2.58 bits per heavy atom. The minimum absolute atomic E-state index is 0.0932. The molecule has 0 unspecified atom stereocenters. The van der Waals surface area contributed by atoms with E-state index in [1.54, 1.807) is 12.1 Å². The lowest BCUT2D eigenvalue weighted by molar-refractivity contribution is -0.113. The summed E-state index contributed by atoms with van der Waals surface area (Å²) in [5.41, 5.74) is 1.30. The summed E-state index contributed by atoms with van der Waals surface area (Å²) < 4.78 is 25.4. The number of hydrogen-bond acceptors (Lipinski definition) is 8. The van der Waals surface area contributed by atoms with Crippen molar-refractivity contribution in [2.45, 2.75) is 45.5 Å². The quantitative estimate of drug-likeness (QED) is 0.330. The first kappa shape index (κ1) is 24.7. The second-order valence-corrected chi connectivity index (χ2v) is 9.08. The summed E-state index contributed by atoms with van der Waals surface area (Å²) in [5.74, 6) is 0.155. The molecule has 0 atom stereocenters. The van der Waals surface area contributed by atoms with Crippen LogP contribution in [0.15, 0.2) is 29.4 Å². The monoisotopic (exact) mass is 492 g/mol. The van der Waals surface area contributed by atoms with Crippen LogP contribution in [-0.2, 0) is 29.1 Å². The fourth-order valence-electron chi connectivity index (χ4n) is 3.23. The molecule has 2 heterocycles. The fraction of sp³-hybridized carbons (Fsp3) is 0.364. The normalized spacial score (nSPS) is 10.8. The van der Waals surface area contributed by atoms with E-state index in [0.29, 0.717) is 40.3 Å². The highest BCUT2D eigenvalue weighted by Gasteiger charge is 2.23. The number of hydrogen-bond donors (Lipinski definition) is 1. The van der Waals surface area contributed by atoms with Gasteiger partial charge in [0.15, 0.2) is 11.0 Å². The van der Waals surface area contributed by atoms with Crippen LogP contribution in [0.25, 0.3) is 0 Å². The minimum atomic E-state index is -0.462. The van der Waals surface area contributed by atoms with Crippen LogP contribution in [0.1, 0.15) is 40.5 Å². The molecular weight excluding hydrogens is 467 g/mol. The van der Waals surface area contributed by atoms with E-state index in [-0.39, 0.29) is 24.1 Å². The summed E-state index contributed by atoms with van der Waals surface area (Å²) in [6.07, 6.45) is 0.666. The number of nitrogens with zero attached hydrogens (tertiary/aromatic N) is 3. The largest absolute Gasteiger partial charge is 0.486 e. The number of aryl methyl sites for hydroxylation is 1. The van der Waals surface area contributed by atoms with E-state index >= 15 is 0 Å². The number of rotatable bonds is 10. The number of halogens is 1. The molecular formula is C22H25FN4O4S2. The first-order valence-electron chi connectivity index (χ1n) is 10.3. The highest BCUT2D eigenvalue weighted by atomic mass is 32.2. The second kappa shape index (κ2) is 11.3. The molecule has 3 rings (SSSR count). The molecule has 0 bridgehead atoms. The molecule has 2 aromatic heterocycles. The number of carbonyl (C=O) groups excluding carboxylic acids is 2. The van der Waals surface area contributed by atoms with Gasteiger partial charge >= 0.3 is 5.97 Å². The van der Waals surface area contributed by atoms with Crippen LogP contribution in [-0.4, -0.2) is 39.5 Å². The average Bonchev–Trinajstić information content (AvgIpc) is 3.35. The summed E-state index contributed by atoms with van der Waals surface area (Å²) in [4.78, 5) is 25.8. The topological polar surface area (TPSA) is 95.3 Å². The maximum Gasteiger partial charge on any atom is 0.341 e. The van der Waals surface area contributed by atoms with Crippen molar-refractivity contribution in [2.75, 3.05) is 18.2 Å². The van der Waals surface area contributed by atoms with Crippen molar-refractivity contribution in [2.24, 2.45) is 0 Å². The predicted molar refractivity (Wildman–Crippen MR) is 126 cm³/mol. The van der Waals surface area contributed by atoms with Crippen molar-refractivity contribution < 1.29 is 23.5 Å². The molecule has 8 nitrogen and oxygen atoms in total. The van der Waals surface area contributed by atoms with Crippen molar-refractivity contribution in [1.82, 2.24) is 14.8 Å². The molecule has 1 N–H and O–H groups in total. The van der Waals surface area contributed by atoms with Gasteiger partial charge in [0, 0.05) is 11.4 Å². The third-order valence-electron chi connectivity index (χ3n) is 4.83. The SMILES string of the molecule is CCc1c(C)sc(NC(=O)CSc2nnc(COc3ccc(F)cc3)n2CC)c1C(=O)OC. The number of amides is 1. The number of methoxy groups -OCH3 is 1. The Labute approximate surface area is 199 Å². The van der Waals surface area contributed by atoms with Gasteiger partial charge in [0.1, 0.15) is 23.2 Å². The first-order valence-corrected chi connectivity index (χ1v) is 12.1. The zero-order valence-electron chi connectivity index (χ0n) is 18.8. The summed E-state index contributed by atoms with van der Waals surface area (Å²) in [6, 6.07) is 5.73. The highest BCUT2D eigenvalue weighted by Crippen LogP contribution is 2.34. The van der Waals surface area contributed by atoms with Crippen LogP contribution in [0.4, 0.5) is 9.39 Å². The van der Waals surface area contributed by atoms with Gasteiger partial charge in [-0.05, 0) is 50.1 Å². The number of thiophene rings is 1.